The molecule has 21 heavy (non-hydrogen) atoms. The predicted molar refractivity (Wildman–Crippen MR) is 71.8 cm³/mol. The molecule has 124 valence electrons. The number of hydrogen-bond donors (Lipinski definition) is 2. The number of ether oxygens (including phenoxy) is 1. The van der Waals surface area contributed by atoms with E-state index >= 15 is 0 Å². The summed E-state index contributed by atoms with van der Waals surface area (Å²) in [5.41, 5.74) is -3.70. The molecular formula is C14H24F3NO3. The smallest absolute Gasteiger partial charge is 0.419 e. The van der Waals surface area contributed by atoms with Crippen molar-refractivity contribution in [3.05, 3.63) is 0 Å². The fourth-order valence-electron chi connectivity index (χ4n) is 2.58. The summed E-state index contributed by atoms with van der Waals surface area (Å²) in [6.07, 6.45) is -2.92. The zero-order valence-corrected chi connectivity index (χ0v) is 12.7. The summed E-state index contributed by atoms with van der Waals surface area (Å²) in [5.74, 6) is -0.888. The molecule has 1 aliphatic rings. The zero-order valence-electron chi connectivity index (χ0n) is 12.7. The number of carbonyl (C=O) groups is 1. The van der Waals surface area contributed by atoms with Gasteiger partial charge in [0, 0.05) is 0 Å². The van der Waals surface area contributed by atoms with Crippen LogP contribution < -0.4 is 5.32 Å². The summed E-state index contributed by atoms with van der Waals surface area (Å²) >= 11 is 0. The molecule has 2 N–H and O–H groups in total. The van der Waals surface area contributed by atoms with Crippen LogP contribution in [0.2, 0.25) is 0 Å². The van der Waals surface area contributed by atoms with Crippen LogP contribution in [0, 0.1) is 5.92 Å². The molecule has 7 heteroatoms. The predicted octanol–water partition coefficient (Wildman–Crippen LogP) is 3.38. The Balaban J connectivity index is 2.73. The van der Waals surface area contributed by atoms with E-state index in [4.69, 9.17) is 4.74 Å². The summed E-state index contributed by atoms with van der Waals surface area (Å²) in [6, 6.07) is 0. The molecule has 1 unspecified atom stereocenters. The third kappa shape index (κ3) is 5.05. The normalized spacial score (nSPS) is 20.7. The van der Waals surface area contributed by atoms with Gasteiger partial charge in [-0.15, -0.1) is 0 Å². The van der Waals surface area contributed by atoms with Gasteiger partial charge in [-0.3, -0.25) is 0 Å². The van der Waals surface area contributed by atoms with E-state index in [1.165, 1.54) is 0 Å². The van der Waals surface area contributed by atoms with Gasteiger partial charge in [0.05, 0.1) is 6.54 Å². The van der Waals surface area contributed by atoms with Gasteiger partial charge in [-0.25, -0.2) is 4.79 Å². The molecular weight excluding hydrogens is 287 g/mol. The molecule has 0 heterocycles. The van der Waals surface area contributed by atoms with Crippen molar-refractivity contribution in [2.24, 2.45) is 5.92 Å². The lowest BCUT2D eigenvalue weighted by Gasteiger charge is -2.39. The highest BCUT2D eigenvalue weighted by Gasteiger charge is 2.58. The first kappa shape index (κ1) is 18.1. The zero-order chi connectivity index (χ0) is 16.3. The summed E-state index contributed by atoms with van der Waals surface area (Å²) in [7, 11) is 0. The molecule has 0 aliphatic heterocycles. The molecule has 0 saturated heterocycles. The highest BCUT2D eigenvalue weighted by molar-refractivity contribution is 5.67. The third-order valence-electron chi connectivity index (χ3n) is 3.67. The first-order valence-electron chi connectivity index (χ1n) is 7.22. The van der Waals surface area contributed by atoms with E-state index < -0.39 is 35.9 Å². The van der Waals surface area contributed by atoms with Crippen molar-refractivity contribution < 1.29 is 27.8 Å². The van der Waals surface area contributed by atoms with Crippen LogP contribution >= 0.6 is 0 Å². The standard InChI is InChI=1S/C14H24F3NO3/c1-12(2,3)21-11(19)18-9-13(20,14(15,16)17)10-7-5-4-6-8-10/h10,20H,4-9H2,1-3H3,(H,18,19). The Bertz CT molecular complexity index is 359. The number of amides is 1. The fourth-order valence-corrected chi connectivity index (χ4v) is 2.58. The number of rotatable bonds is 3. The van der Waals surface area contributed by atoms with Crippen LogP contribution in [0.25, 0.3) is 0 Å². The van der Waals surface area contributed by atoms with Crippen molar-refractivity contribution in [2.75, 3.05) is 6.54 Å². The average molecular weight is 311 g/mol. The second kappa shape index (κ2) is 6.42. The maximum atomic E-state index is 13.2. The van der Waals surface area contributed by atoms with E-state index in [-0.39, 0.29) is 0 Å². The van der Waals surface area contributed by atoms with Crippen LogP contribution in [0.4, 0.5) is 18.0 Å². The monoisotopic (exact) mass is 311 g/mol. The summed E-state index contributed by atoms with van der Waals surface area (Å²) < 4.78 is 44.6. The Kier molecular flexibility index (Phi) is 5.52. The second-order valence-corrected chi connectivity index (χ2v) is 6.61. The maximum absolute atomic E-state index is 13.2. The number of alkyl halides is 3. The average Bonchev–Trinajstić information content (AvgIpc) is 2.33. The molecule has 0 aromatic heterocycles. The first-order valence-corrected chi connectivity index (χ1v) is 7.22. The van der Waals surface area contributed by atoms with Gasteiger partial charge in [-0.2, -0.15) is 13.2 Å². The molecule has 0 radical (unpaired) electrons. The lowest BCUT2D eigenvalue weighted by molar-refractivity contribution is -0.279. The Labute approximate surface area is 123 Å². The molecule has 1 atom stereocenters. The molecule has 1 amide bonds. The van der Waals surface area contributed by atoms with Gasteiger partial charge in [0.25, 0.3) is 0 Å². The largest absolute Gasteiger partial charge is 0.444 e. The third-order valence-corrected chi connectivity index (χ3v) is 3.67. The maximum Gasteiger partial charge on any atom is 0.419 e. The number of halogens is 3. The van der Waals surface area contributed by atoms with Crippen molar-refractivity contribution in [1.29, 1.82) is 0 Å². The topological polar surface area (TPSA) is 58.6 Å². The molecule has 0 bridgehead atoms. The summed E-state index contributed by atoms with van der Waals surface area (Å²) in [6.45, 7) is 3.97. The quantitative estimate of drug-likeness (QED) is 0.840. The van der Waals surface area contributed by atoms with E-state index in [0.29, 0.717) is 25.7 Å². The van der Waals surface area contributed by atoms with Gasteiger partial charge in [0.1, 0.15) is 5.60 Å². The minimum atomic E-state index is -4.79. The van der Waals surface area contributed by atoms with Crippen molar-refractivity contribution in [3.63, 3.8) is 0 Å². The van der Waals surface area contributed by atoms with E-state index in [9.17, 15) is 23.1 Å². The number of aliphatic hydroxyl groups is 1. The van der Waals surface area contributed by atoms with Crippen LogP contribution in [-0.2, 0) is 4.74 Å². The fraction of sp³-hybridized carbons (Fsp3) is 0.929. The van der Waals surface area contributed by atoms with Crippen molar-refractivity contribution in [2.45, 2.75) is 70.3 Å². The molecule has 4 nitrogen and oxygen atoms in total. The molecule has 1 saturated carbocycles. The molecule has 0 aromatic rings. The van der Waals surface area contributed by atoms with E-state index in [2.05, 4.69) is 5.32 Å². The van der Waals surface area contributed by atoms with E-state index in [1.54, 1.807) is 20.8 Å². The molecule has 1 aliphatic carbocycles. The molecule has 0 spiro atoms. The summed E-state index contributed by atoms with van der Waals surface area (Å²) in [5, 5.41) is 12.2. The van der Waals surface area contributed by atoms with Gasteiger partial charge >= 0.3 is 12.3 Å². The van der Waals surface area contributed by atoms with Crippen molar-refractivity contribution >= 4 is 6.09 Å². The number of nitrogens with one attached hydrogen (secondary N) is 1. The SMILES string of the molecule is CC(C)(C)OC(=O)NCC(O)(C1CCCCC1)C(F)(F)F. The van der Waals surface area contributed by atoms with Gasteiger partial charge in [-0.1, -0.05) is 19.3 Å². The van der Waals surface area contributed by atoms with Crippen LogP contribution in [0.3, 0.4) is 0 Å². The molecule has 1 fully saturated rings. The number of alkyl carbamates (subject to hydrolysis) is 1. The summed E-state index contributed by atoms with van der Waals surface area (Å²) in [4.78, 5) is 11.5. The van der Waals surface area contributed by atoms with Crippen LogP contribution in [-0.4, -0.2) is 35.1 Å². The highest BCUT2D eigenvalue weighted by Crippen LogP contribution is 2.42. The Morgan fingerprint density at radius 1 is 1.19 bits per heavy atom. The van der Waals surface area contributed by atoms with Gasteiger partial charge in [0.15, 0.2) is 5.60 Å². The van der Waals surface area contributed by atoms with Gasteiger partial charge < -0.3 is 15.2 Å². The molecule has 1 rings (SSSR count). The van der Waals surface area contributed by atoms with Crippen LogP contribution in [0.1, 0.15) is 52.9 Å². The van der Waals surface area contributed by atoms with Crippen LogP contribution in [0.5, 0.6) is 0 Å². The lowest BCUT2D eigenvalue weighted by Crippen LogP contribution is -2.59. The Morgan fingerprint density at radius 2 is 1.71 bits per heavy atom. The Hall–Kier alpha value is -0.980. The van der Waals surface area contributed by atoms with E-state index in [0.717, 1.165) is 6.42 Å². The lowest BCUT2D eigenvalue weighted by atomic mass is 9.76. The highest BCUT2D eigenvalue weighted by atomic mass is 19.4. The minimum Gasteiger partial charge on any atom is -0.444 e. The Morgan fingerprint density at radius 3 is 2.14 bits per heavy atom. The van der Waals surface area contributed by atoms with Gasteiger partial charge in [-0.05, 0) is 39.5 Å². The minimum absolute atomic E-state index is 0.312. The van der Waals surface area contributed by atoms with E-state index in [1.807, 2.05) is 0 Å². The second-order valence-electron chi connectivity index (χ2n) is 6.61. The van der Waals surface area contributed by atoms with Crippen molar-refractivity contribution in [3.8, 4) is 0 Å². The number of carbonyl (C=O) groups excluding carboxylic acids is 1. The van der Waals surface area contributed by atoms with Gasteiger partial charge in [0.2, 0.25) is 0 Å². The molecule has 0 aromatic carbocycles. The van der Waals surface area contributed by atoms with Crippen molar-refractivity contribution in [1.82, 2.24) is 5.32 Å². The number of hydrogen-bond acceptors (Lipinski definition) is 3. The first-order chi connectivity index (χ1) is 9.46. The van der Waals surface area contributed by atoms with Crippen LogP contribution in [0.15, 0.2) is 0 Å².